The van der Waals surface area contributed by atoms with E-state index in [1.165, 1.54) is 55.5 Å². The van der Waals surface area contributed by atoms with E-state index in [4.69, 9.17) is 0 Å². The maximum Gasteiger partial charge on any atom is 0.0338 e. The van der Waals surface area contributed by atoms with Gasteiger partial charge in [0.1, 0.15) is 0 Å². The van der Waals surface area contributed by atoms with Gasteiger partial charge in [-0.05, 0) is 39.2 Å². The lowest BCUT2D eigenvalue weighted by atomic mass is 9.90. The Balaban J connectivity index is 1.82. The molecule has 1 spiro atoms. The molecule has 1 N–H and O–H groups in total. The van der Waals surface area contributed by atoms with E-state index in [1.807, 2.05) is 0 Å². The zero-order valence-electron chi connectivity index (χ0n) is 13.2. The number of benzene rings is 1. The molecule has 1 aromatic carbocycles. The minimum Gasteiger partial charge on any atom is -0.311 e. The van der Waals surface area contributed by atoms with E-state index in [2.05, 4.69) is 49.2 Å². The summed E-state index contributed by atoms with van der Waals surface area (Å²) < 4.78 is 0. The Kier molecular flexibility index (Phi) is 3.87. The molecular formula is C18H28N2. The fraction of sp³-hybridized carbons (Fsp3) is 0.667. The van der Waals surface area contributed by atoms with Crippen LogP contribution in [0.2, 0.25) is 0 Å². The maximum atomic E-state index is 3.71. The molecule has 1 saturated carbocycles. The van der Waals surface area contributed by atoms with Crippen molar-refractivity contribution >= 4 is 0 Å². The van der Waals surface area contributed by atoms with Gasteiger partial charge in [0, 0.05) is 31.2 Å². The highest BCUT2D eigenvalue weighted by molar-refractivity contribution is 5.28. The minimum absolute atomic E-state index is 0.435. The Hall–Kier alpha value is -0.860. The Morgan fingerprint density at radius 3 is 2.45 bits per heavy atom. The monoisotopic (exact) mass is 272 g/mol. The molecule has 3 rings (SSSR count). The van der Waals surface area contributed by atoms with E-state index in [1.54, 1.807) is 0 Å². The van der Waals surface area contributed by atoms with Crippen LogP contribution in [0.1, 0.15) is 49.3 Å². The molecule has 110 valence electrons. The van der Waals surface area contributed by atoms with Gasteiger partial charge >= 0.3 is 0 Å². The number of aryl methyl sites for hydroxylation is 2. The van der Waals surface area contributed by atoms with Gasteiger partial charge in [0.2, 0.25) is 0 Å². The summed E-state index contributed by atoms with van der Waals surface area (Å²) in [4.78, 5) is 2.77. The molecular weight excluding hydrogens is 244 g/mol. The lowest BCUT2D eigenvalue weighted by molar-refractivity contribution is 0.0392. The van der Waals surface area contributed by atoms with Gasteiger partial charge in [-0.2, -0.15) is 0 Å². The first kappa shape index (κ1) is 14.1. The summed E-state index contributed by atoms with van der Waals surface area (Å²) in [6.07, 6.45) is 5.55. The van der Waals surface area contributed by atoms with E-state index in [0.717, 1.165) is 6.54 Å². The molecule has 1 unspecified atom stereocenters. The molecule has 1 aromatic rings. The quantitative estimate of drug-likeness (QED) is 0.887. The number of piperazine rings is 1. The molecule has 2 nitrogen and oxygen atoms in total. The van der Waals surface area contributed by atoms with Gasteiger partial charge in [0.25, 0.3) is 0 Å². The van der Waals surface area contributed by atoms with Gasteiger partial charge in [-0.15, -0.1) is 0 Å². The highest BCUT2D eigenvalue weighted by atomic mass is 15.3. The van der Waals surface area contributed by atoms with Crippen LogP contribution in [-0.4, -0.2) is 29.6 Å². The smallest absolute Gasteiger partial charge is 0.0338 e. The Bertz CT molecular complexity index is 454. The van der Waals surface area contributed by atoms with Crippen LogP contribution in [0.3, 0.4) is 0 Å². The standard InChI is InChI=1S/C18H28N2/c1-14-8-15(2)10-17(9-14)12-20-11-16(3)19-13-18(20)6-4-5-7-18/h8-10,16,19H,4-7,11-13H2,1-3H3. The molecule has 0 bridgehead atoms. The summed E-state index contributed by atoms with van der Waals surface area (Å²) in [5, 5.41) is 3.71. The number of nitrogens with one attached hydrogen (secondary N) is 1. The average molecular weight is 272 g/mol. The van der Waals surface area contributed by atoms with Crippen LogP contribution in [-0.2, 0) is 6.54 Å². The van der Waals surface area contributed by atoms with Crippen molar-refractivity contribution in [2.24, 2.45) is 0 Å². The average Bonchev–Trinajstić information content (AvgIpc) is 2.83. The summed E-state index contributed by atoms with van der Waals surface area (Å²) in [5.74, 6) is 0. The van der Waals surface area contributed by atoms with Crippen molar-refractivity contribution in [1.82, 2.24) is 10.2 Å². The van der Waals surface area contributed by atoms with E-state index in [0.29, 0.717) is 11.6 Å². The third-order valence-corrected chi connectivity index (χ3v) is 5.13. The predicted molar refractivity (Wildman–Crippen MR) is 85.0 cm³/mol. The number of rotatable bonds is 2. The Morgan fingerprint density at radius 1 is 1.15 bits per heavy atom. The second-order valence-electron chi connectivity index (χ2n) is 7.09. The number of nitrogens with zero attached hydrogens (tertiary/aromatic N) is 1. The van der Waals surface area contributed by atoms with Crippen molar-refractivity contribution < 1.29 is 0 Å². The van der Waals surface area contributed by atoms with Gasteiger partial charge < -0.3 is 5.32 Å². The first-order valence-corrected chi connectivity index (χ1v) is 8.13. The molecule has 0 radical (unpaired) electrons. The van der Waals surface area contributed by atoms with Crippen LogP contribution in [0.4, 0.5) is 0 Å². The highest BCUT2D eigenvalue weighted by Crippen LogP contribution is 2.37. The van der Waals surface area contributed by atoms with Crippen LogP contribution in [0.5, 0.6) is 0 Å². The lowest BCUT2D eigenvalue weighted by Gasteiger charge is -2.48. The van der Waals surface area contributed by atoms with Crippen LogP contribution in [0, 0.1) is 13.8 Å². The van der Waals surface area contributed by atoms with Gasteiger partial charge in [0.05, 0.1) is 0 Å². The molecule has 1 aliphatic carbocycles. The first-order chi connectivity index (χ1) is 9.57. The number of hydrogen-bond acceptors (Lipinski definition) is 2. The van der Waals surface area contributed by atoms with Crippen LogP contribution in [0.25, 0.3) is 0 Å². The van der Waals surface area contributed by atoms with E-state index >= 15 is 0 Å². The SMILES string of the molecule is Cc1cc(C)cc(CN2CC(C)NCC23CCCC3)c1. The van der Waals surface area contributed by atoms with E-state index in [9.17, 15) is 0 Å². The molecule has 1 heterocycles. The van der Waals surface area contributed by atoms with Crippen molar-refractivity contribution in [3.8, 4) is 0 Å². The Labute approximate surface area is 123 Å². The summed E-state index contributed by atoms with van der Waals surface area (Å²) in [6.45, 7) is 10.2. The van der Waals surface area contributed by atoms with E-state index < -0.39 is 0 Å². The highest BCUT2D eigenvalue weighted by Gasteiger charge is 2.42. The van der Waals surface area contributed by atoms with Crippen molar-refractivity contribution in [1.29, 1.82) is 0 Å². The Morgan fingerprint density at radius 2 is 1.80 bits per heavy atom. The molecule has 0 amide bonds. The van der Waals surface area contributed by atoms with Crippen molar-refractivity contribution in [3.63, 3.8) is 0 Å². The second-order valence-corrected chi connectivity index (χ2v) is 7.09. The summed E-state index contributed by atoms with van der Waals surface area (Å²) in [6, 6.07) is 7.62. The molecule has 2 aliphatic rings. The minimum atomic E-state index is 0.435. The fourth-order valence-corrected chi connectivity index (χ4v) is 4.20. The molecule has 20 heavy (non-hydrogen) atoms. The largest absolute Gasteiger partial charge is 0.311 e. The van der Waals surface area contributed by atoms with Crippen LogP contribution in [0.15, 0.2) is 18.2 Å². The second kappa shape index (κ2) is 5.50. The first-order valence-electron chi connectivity index (χ1n) is 8.13. The molecule has 2 heteroatoms. The maximum absolute atomic E-state index is 3.71. The molecule has 2 fully saturated rings. The van der Waals surface area contributed by atoms with Crippen LogP contribution >= 0.6 is 0 Å². The van der Waals surface area contributed by atoms with E-state index in [-0.39, 0.29) is 0 Å². The summed E-state index contributed by atoms with van der Waals surface area (Å²) in [7, 11) is 0. The number of hydrogen-bond donors (Lipinski definition) is 1. The topological polar surface area (TPSA) is 15.3 Å². The zero-order chi connectivity index (χ0) is 14.2. The lowest BCUT2D eigenvalue weighted by Crippen LogP contribution is -2.62. The third-order valence-electron chi connectivity index (χ3n) is 5.13. The summed E-state index contributed by atoms with van der Waals surface area (Å²) in [5.41, 5.74) is 4.71. The molecule has 1 atom stereocenters. The predicted octanol–water partition coefficient (Wildman–Crippen LogP) is 3.41. The van der Waals surface area contributed by atoms with Gasteiger partial charge in [-0.25, -0.2) is 0 Å². The molecule has 1 aliphatic heterocycles. The van der Waals surface area contributed by atoms with Crippen molar-refractivity contribution in [3.05, 3.63) is 34.9 Å². The third kappa shape index (κ3) is 2.77. The van der Waals surface area contributed by atoms with Gasteiger partial charge in [-0.1, -0.05) is 42.2 Å². The van der Waals surface area contributed by atoms with Crippen molar-refractivity contribution in [2.45, 2.75) is 64.6 Å². The van der Waals surface area contributed by atoms with Crippen molar-refractivity contribution in [2.75, 3.05) is 13.1 Å². The fourth-order valence-electron chi connectivity index (χ4n) is 4.20. The normalized spacial score (nSPS) is 26.2. The molecule has 0 aromatic heterocycles. The van der Waals surface area contributed by atoms with Crippen LogP contribution < -0.4 is 5.32 Å². The molecule has 1 saturated heterocycles. The summed E-state index contributed by atoms with van der Waals surface area (Å²) >= 11 is 0. The van der Waals surface area contributed by atoms with Gasteiger partial charge in [0.15, 0.2) is 0 Å². The zero-order valence-corrected chi connectivity index (χ0v) is 13.2. The van der Waals surface area contributed by atoms with Gasteiger partial charge in [-0.3, -0.25) is 4.90 Å².